The van der Waals surface area contributed by atoms with Crippen molar-refractivity contribution in [3.63, 3.8) is 0 Å². The van der Waals surface area contributed by atoms with Gasteiger partial charge >= 0.3 is 0 Å². The summed E-state index contributed by atoms with van der Waals surface area (Å²) in [4.78, 5) is 13.9. The number of nitrogens with zero attached hydrogens (tertiary/aromatic N) is 1. The van der Waals surface area contributed by atoms with E-state index in [1.165, 1.54) is 0 Å². The normalized spacial score (nSPS) is 14.5. The Hall–Kier alpha value is -1.51. The Labute approximate surface area is 102 Å². The predicted molar refractivity (Wildman–Crippen MR) is 67.1 cm³/mol. The SMILES string of the molecule is CCN(C(=O)COc1ccccc1C)C1CC1. The van der Waals surface area contributed by atoms with Crippen LogP contribution < -0.4 is 4.74 Å². The quantitative estimate of drug-likeness (QED) is 0.781. The highest BCUT2D eigenvalue weighted by Gasteiger charge is 2.31. The first-order valence-electron chi connectivity index (χ1n) is 6.20. The maximum Gasteiger partial charge on any atom is 0.260 e. The minimum Gasteiger partial charge on any atom is -0.484 e. The molecule has 3 heteroatoms. The van der Waals surface area contributed by atoms with Crippen molar-refractivity contribution in [3.8, 4) is 5.75 Å². The molecule has 0 bridgehead atoms. The largest absolute Gasteiger partial charge is 0.484 e. The third-order valence-corrected chi connectivity index (χ3v) is 3.09. The Kier molecular flexibility index (Phi) is 3.67. The summed E-state index contributed by atoms with van der Waals surface area (Å²) in [6.45, 7) is 4.93. The van der Waals surface area contributed by atoms with E-state index in [4.69, 9.17) is 4.74 Å². The van der Waals surface area contributed by atoms with Crippen LogP contribution >= 0.6 is 0 Å². The first kappa shape index (κ1) is 12.0. The second-order valence-electron chi connectivity index (χ2n) is 4.47. The molecular weight excluding hydrogens is 214 g/mol. The van der Waals surface area contributed by atoms with Gasteiger partial charge in [0, 0.05) is 12.6 Å². The fourth-order valence-corrected chi connectivity index (χ4v) is 1.97. The van der Waals surface area contributed by atoms with Gasteiger partial charge in [-0.3, -0.25) is 4.79 Å². The van der Waals surface area contributed by atoms with Gasteiger partial charge in [0.25, 0.3) is 5.91 Å². The molecule has 17 heavy (non-hydrogen) atoms. The minimum atomic E-state index is 0.0956. The molecule has 3 nitrogen and oxygen atoms in total. The molecule has 0 spiro atoms. The summed E-state index contributed by atoms with van der Waals surface area (Å²) >= 11 is 0. The van der Waals surface area contributed by atoms with Gasteiger partial charge in [0.05, 0.1) is 0 Å². The van der Waals surface area contributed by atoms with E-state index in [1.807, 2.05) is 43.0 Å². The second-order valence-corrected chi connectivity index (χ2v) is 4.47. The molecule has 0 saturated heterocycles. The fraction of sp³-hybridized carbons (Fsp3) is 0.500. The van der Waals surface area contributed by atoms with Crippen molar-refractivity contribution in [2.24, 2.45) is 0 Å². The summed E-state index contributed by atoms with van der Waals surface area (Å²) in [7, 11) is 0. The number of hydrogen-bond donors (Lipinski definition) is 0. The van der Waals surface area contributed by atoms with Crippen LogP contribution in [0.15, 0.2) is 24.3 Å². The first-order valence-corrected chi connectivity index (χ1v) is 6.20. The van der Waals surface area contributed by atoms with Crippen LogP contribution in [0.3, 0.4) is 0 Å². The smallest absolute Gasteiger partial charge is 0.260 e. The minimum absolute atomic E-state index is 0.0956. The van der Waals surface area contributed by atoms with E-state index in [0.717, 1.165) is 30.7 Å². The number of carbonyl (C=O) groups excluding carboxylic acids is 1. The number of rotatable bonds is 5. The molecule has 0 radical (unpaired) electrons. The number of likely N-dealkylation sites (N-methyl/N-ethyl adjacent to an activating group) is 1. The van der Waals surface area contributed by atoms with Crippen LogP contribution in [0.5, 0.6) is 5.75 Å². The third kappa shape index (κ3) is 2.99. The Morgan fingerprint density at radius 1 is 1.41 bits per heavy atom. The highest BCUT2D eigenvalue weighted by molar-refractivity contribution is 5.78. The number of ether oxygens (including phenoxy) is 1. The summed E-state index contributed by atoms with van der Waals surface area (Å²) in [5, 5.41) is 0. The van der Waals surface area contributed by atoms with Crippen LogP contribution in [0.4, 0.5) is 0 Å². The summed E-state index contributed by atoms with van der Waals surface area (Å²) in [6, 6.07) is 8.24. The molecule has 92 valence electrons. The average molecular weight is 233 g/mol. The van der Waals surface area contributed by atoms with Crippen molar-refractivity contribution in [2.75, 3.05) is 13.2 Å². The van der Waals surface area contributed by atoms with Crippen LogP contribution in [-0.2, 0) is 4.79 Å². The first-order chi connectivity index (χ1) is 8.22. The molecule has 0 aliphatic heterocycles. The number of benzene rings is 1. The van der Waals surface area contributed by atoms with E-state index in [1.54, 1.807) is 0 Å². The lowest BCUT2D eigenvalue weighted by Gasteiger charge is -2.20. The van der Waals surface area contributed by atoms with E-state index >= 15 is 0 Å². The predicted octanol–water partition coefficient (Wildman–Crippen LogP) is 2.38. The molecule has 0 atom stereocenters. The summed E-state index contributed by atoms with van der Waals surface area (Å²) in [5.74, 6) is 0.894. The molecule has 0 N–H and O–H groups in total. The third-order valence-electron chi connectivity index (χ3n) is 3.09. The lowest BCUT2D eigenvalue weighted by atomic mass is 10.2. The molecular formula is C14H19NO2. The number of hydrogen-bond acceptors (Lipinski definition) is 2. The monoisotopic (exact) mass is 233 g/mol. The van der Waals surface area contributed by atoms with Gasteiger partial charge in [-0.2, -0.15) is 0 Å². The molecule has 1 aromatic carbocycles. The molecule has 0 unspecified atom stereocenters. The average Bonchev–Trinajstić information content (AvgIpc) is 3.13. The molecule has 1 saturated carbocycles. The Bertz CT molecular complexity index is 399. The molecule has 1 aliphatic carbocycles. The molecule has 1 aromatic rings. The zero-order valence-electron chi connectivity index (χ0n) is 10.5. The lowest BCUT2D eigenvalue weighted by Crippen LogP contribution is -2.36. The lowest BCUT2D eigenvalue weighted by molar-refractivity contribution is -0.133. The van der Waals surface area contributed by atoms with E-state index in [2.05, 4.69) is 0 Å². The van der Waals surface area contributed by atoms with Crippen molar-refractivity contribution in [3.05, 3.63) is 29.8 Å². The zero-order chi connectivity index (χ0) is 12.3. The van der Waals surface area contributed by atoms with Crippen LogP contribution in [-0.4, -0.2) is 30.0 Å². The molecule has 0 heterocycles. The maximum atomic E-state index is 11.9. The van der Waals surface area contributed by atoms with E-state index in [0.29, 0.717) is 6.04 Å². The van der Waals surface area contributed by atoms with Crippen molar-refractivity contribution in [2.45, 2.75) is 32.7 Å². The van der Waals surface area contributed by atoms with Crippen LogP contribution in [0.25, 0.3) is 0 Å². The van der Waals surface area contributed by atoms with Crippen molar-refractivity contribution in [1.82, 2.24) is 4.90 Å². The summed E-state index contributed by atoms with van der Waals surface area (Å²) in [6.07, 6.45) is 2.29. The van der Waals surface area contributed by atoms with E-state index in [9.17, 15) is 4.79 Å². The summed E-state index contributed by atoms with van der Waals surface area (Å²) in [5.41, 5.74) is 1.06. The van der Waals surface area contributed by atoms with E-state index < -0.39 is 0 Å². The second kappa shape index (κ2) is 5.21. The van der Waals surface area contributed by atoms with Crippen LogP contribution in [0, 0.1) is 6.92 Å². The van der Waals surface area contributed by atoms with Gasteiger partial charge in [0.15, 0.2) is 6.61 Å². The number of amides is 1. The molecule has 1 amide bonds. The zero-order valence-corrected chi connectivity index (χ0v) is 10.5. The summed E-state index contributed by atoms with van der Waals surface area (Å²) < 4.78 is 5.57. The van der Waals surface area contributed by atoms with Gasteiger partial charge in [0.2, 0.25) is 0 Å². The number of para-hydroxylation sites is 1. The van der Waals surface area contributed by atoms with Gasteiger partial charge in [-0.1, -0.05) is 18.2 Å². The fourth-order valence-electron chi connectivity index (χ4n) is 1.97. The van der Waals surface area contributed by atoms with Gasteiger partial charge in [-0.15, -0.1) is 0 Å². The molecule has 1 aliphatic rings. The van der Waals surface area contributed by atoms with Crippen LogP contribution in [0.2, 0.25) is 0 Å². The van der Waals surface area contributed by atoms with Crippen LogP contribution in [0.1, 0.15) is 25.3 Å². The standard InChI is InChI=1S/C14H19NO2/c1-3-15(12-8-9-12)14(16)10-17-13-7-5-4-6-11(13)2/h4-7,12H,3,8-10H2,1-2H3. The van der Waals surface area contributed by atoms with Crippen molar-refractivity contribution >= 4 is 5.91 Å². The molecule has 1 fully saturated rings. The highest BCUT2D eigenvalue weighted by Crippen LogP contribution is 2.26. The van der Waals surface area contributed by atoms with Crippen molar-refractivity contribution < 1.29 is 9.53 Å². The van der Waals surface area contributed by atoms with Gasteiger partial charge in [-0.25, -0.2) is 0 Å². The Balaban J connectivity index is 1.89. The molecule has 2 rings (SSSR count). The maximum absolute atomic E-state index is 11.9. The van der Waals surface area contributed by atoms with Gasteiger partial charge in [-0.05, 0) is 38.3 Å². The Morgan fingerprint density at radius 3 is 2.71 bits per heavy atom. The Morgan fingerprint density at radius 2 is 2.12 bits per heavy atom. The van der Waals surface area contributed by atoms with Crippen molar-refractivity contribution in [1.29, 1.82) is 0 Å². The van der Waals surface area contributed by atoms with Gasteiger partial charge in [0.1, 0.15) is 5.75 Å². The van der Waals surface area contributed by atoms with Gasteiger partial charge < -0.3 is 9.64 Å². The van der Waals surface area contributed by atoms with E-state index in [-0.39, 0.29) is 12.5 Å². The number of carbonyl (C=O) groups is 1. The highest BCUT2D eigenvalue weighted by atomic mass is 16.5. The number of aryl methyl sites for hydroxylation is 1. The topological polar surface area (TPSA) is 29.5 Å². The molecule has 0 aromatic heterocycles.